The minimum atomic E-state index is -0.705. The lowest BCUT2D eigenvalue weighted by Gasteiger charge is -2.10. The van der Waals surface area contributed by atoms with Gasteiger partial charge in [-0.05, 0) is 27.7 Å². The van der Waals surface area contributed by atoms with E-state index in [9.17, 15) is 20.1 Å². The molecule has 140 valence electrons. The molecule has 0 aromatic heterocycles. The maximum atomic E-state index is 12.0. The predicted octanol–water partition coefficient (Wildman–Crippen LogP) is 2.22. The summed E-state index contributed by atoms with van der Waals surface area (Å²) in [7, 11) is 0. The molecule has 0 saturated carbocycles. The number of nitrogens with two attached hydrogens (primary N) is 2. The third-order valence-corrected chi connectivity index (χ3v) is 4.97. The number of allylic oxidation sites excluding steroid dienone is 4. The van der Waals surface area contributed by atoms with E-state index in [2.05, 4.69) is 0 Å². The Labute approximate surface area is 160 Å². The van der Waals surface area contributed by atoms with Gasteiger partial charge in [0.1, 0.15) is 31.8 Å². The molecule has 8 nitrogen and oxygen atoms in total. The number of nitrogens with zero attached hydrogens (tertiary/aromatic N) is 2. The van der Waals surface area contributed by atoms with E-state index < -0.39 is 11.9 Å². The van der Waals surface area contributed by atoms with Crippen molar-refractivity contribution in [2.75, 3.05) is 13.2 Å². The van der Waals surface area contributed by atoms with Gasteiger partial charge in [0.05, 0.1) is 13.2 Å². The van der Waals surface area contributed by atoms with Gasteiger partial charge in [-0.3, -0.25) is 0 Å². The topological polar surface area (TPSA) is 152 Å². The van der Waals surface area contributed by atoms with Crippen LogP contribution >= 0.6 is 23.5 Å². The summed E-state index contributed by atoms with van der Waals surface area (Å²) >= 11 is 1.39. The minimum absolute atomic E-state index is 0.0112. The first-order valence-electron chi connectivity index (χ1n) is 7.40. The molecule has 0 fully saturated rings. The molecule has 0 amide bonds. The molecular formula is C16H20N4O4S2. The van der Waals surface area contributed by atoms with Crippen LogP contribution in [0.3, 0.4) is 0 Å². The Morgan fingerprint density at radius 3 is 1.35 bits per heavy atom. The number of carbonyl (C=O) groups excluding carboxylic acids is 2. The number of hydrogen-bond acceptors (Lipinski definition) is 10. The maximum absolute atomic E-state index is 12.0. The van der Waals surface area contributed by atoms with Gasteiger partial charge in [-0.15, -0.1) is 0 Å². The molecule has 0 heterocycles. The second kappa shape index (κ2) is 11.9. The molecule has 4 N–H and O–H groups in total. The second-order valence-electron chi connectivity index (χ2n) is 4.55. The van der Waals surface area contributed by atoms with Crippen molar-refractivity contribution in [3.63, 3.8) is 0 Å². The Morgan fingerprint density at radius 2 is 1.15 bits per heavy atom. The fraction of sp³-hybridized carbons (Fsp3) is 0.375. The lowest BCUT2D eigenvalue weighted by atomic mass is 10.4. The molecule has 0 aromatic rings. The van der Waals surface area contributed by atoms with Crippen molar-refractivity contribution in [1.29, 1.82) is 10.5 Å². The summed E-state index contributed by atoms with van der Waals surface area (Å²) in [5.41, 5.74) is 11.6. The highest BCUT2D eigenvalue weighted by Gasteiger charge is 2.23. The molecule has 0 aliphatic heterocycles. The third-order valence-electron chi connectivity index (χ3n) is 2.46. The number of esters is 2. The Balaban J connectivity index is 5.92. The Bertz CT molecular complexity index is 672. The van der Waals surface area contributed by atoms with Crippen LogP contribution in [0.25, 0.3) is 0 Å². The van der Waals surface area contributed by atoms with E-state index in [4.69, 9.17) is 20.9 Å². The summed E-state index contributed by atoms with van der Waals surface area (Å²) in [6.45, 7) is 6.46. The van der Waals surface area contributed by atoms with Crippen molar-refractivity contribution >= 4 is 35.5 Å². The molecule has 0 saturated heterocycles. The van der Waals surface area contributed by atoms with E-state index in [-0.39, 0.29) is 44.2 Å². The first kappa shape index (κ1) is 23.4. The third kappa shape index (κ3) is 7.13. The zero-order valence-electron chi connectivity index (χ0n) is 14.9. The second-order valence-corrected chi connectivity index (χ2v) is 6.59. The molecule has 0 spiro atoms. The summed E-state index contributed by atoms with van der Waals surface area (Å²) < 4.78 is 9.78. The molecule has 0 aliphatic rings. The predicted molar refractivity (Wildman–Crippen MR) is 100 cm³/mol. The van der Waals surface area contributed by atoms with Crippen LogP contribution in [0.1, 0.15) is 27.7 Å². The molecule has 0 rings (SSSR count). The van der Waals surface area contributed by atoms with Crippen molar-refractivity contribution in [1.82, 2.24) is 0 Å². The molecule has 0 atom stereocenters. The monoisotopic (exact) mass is 396 g/mol. The SMILES string of the molecule is CCOC(=O)/C(S/C(C#N)=C(/C#N)S/C(C(=O)OCC)=C(\C)N)=C(/C)N. The van der Waals surface area contributed by atoms with E-state index in [1.54, 1.807) is 13.8 Å². The molecule has 0 bridgehead atoms. The number of carbonyl (C=O) groups is 2. The van der Waals surface area contributed by atoms with Crippen LogP contribution in [-0.4, -0.2) is 25.2 Å². The summed E-state index contributed by atoms with van der Waals surface area (Å²) in [4.78, 5) is 23.7. The van der Waals surface area contributed by atoms with Crippen LogP contribution in [0.15, 0.2) is 31.0 Å². The Morgan fingerprint density at radius 1 is 0.846 bits per heavy atom. The standard InChI is InChI=1S/C16H20N4O4S2/c1-5-23-15(21)13(9(3)19)25-11(7-17)12(8-18)26-14(10(4)20)16(22)24-6-2/h5-6,19-20H2,1-4H3/b12-11-,13-9+,14-10+. The molecule has 0 aliphatic carbocycles. The van der Waals surface area contributed by atoms with Gasteiger partial charge >= 0.3 is 11.9 Å². The highest BCUT2D eigenvalue weighted by molar-refractivity contribution is 8.11. The fourth-order valence-electron chi connectivity index (χ4n) is 1.40. The summed E-state index contributed by atoms with van der Waals surface area (Å²) in [5, 5.41) is 18.8. The minimum Gasteiger partial charge on any atom is -0.462 e. The quantitative estimate of drug-likeness (QED) is 0.355. The lowest BCUT2D eigenvalue weighted by Crippen LogP contribution is -2.11. The molecular weight excluding hydrogens is 376 g/mol. The lowest BCUT2D eigenvalue weighted by molar-refractivity contribution is -0.138. The van der Waals surface area contributed by atoms with Crippen LogP contribution in [0, 0.1) is 22.7 Å². The average molecular weight is 396 g/mol. The van der Waals surface area contributed by atoms with E-state index >= 15 is 0 Å². The van der Waals surface area contributed by atoms with Gasteiger partial charge in [-0.2, -0.15) is 10.5 Å². The van der Waals surface area contributed by atoms with E-state index in [1.165, 1.54) is 13.8 Å². The average Bonchev–Trinajstić information content (AvgIpc) is 2.57. The van der Waals surface area contributed by atoms with Gasteiger partial charge in [-0.25, -0.2) is 9.59 Å². The molecule has 26 heavy (non-hydrogen) atoms. The molecule has 0 radical (unpaired) electrons. The largest absolute Gasteiger partial charge is 0.462 e. The van der Waals surface area contributed by atoms with Crippen LogP contribution in [0.2, 0.25) is 0 Å². The van der Waals surface area contributed by atoms with Crippen molar-refractivity contribution in [3.05, 3.63) is 31.0 Å². The van der Waals surface area contributed by atoms with Crippen LogP contribution in [0.4, 0.5) is 0 Å². The van der Waals surface area contributed by atoms with E-state index in [0.29, 0.717) is 23.5 Å². The number of thioether (sulfide) groups is 2. The van der Waals surface area contributed by atoms with Crippen molar-refractivity contribution < 1.29 is 19.1 Å². The summed E-state index contributed by atoms with van der Waals surface area (Å²) in [5.74, 6) is -1.41. The first-order chi connectivity index (χ1) is 12.2. The Hall–Kier alpha value is -2.56. The number of nitriles is 2. The fourth-order valence-corrected chi connectivity index (χ4v) is 3.04. The van der Waals surface area contributed by atoms with E-state index in [0.717, 1.165) is 0 Å². The maximum Gasteiger partial charge on any atom is 0.346 e. The van der Waals surface area contributed by atoms with Gasteiger partial charge in [0, 0.05) is 11.4 Å². The number of rotatable bonds is 8. The van der Waals surface area contributed by atoms with Gasteiger partial charge in [-0.1, -0.05) is 23.5 Å². The van der Waals surface area contributed by atoms with Gasteiger partial charge in [0.2, 0.25) is 0 Å². The Kier molecular flexibility index (Phi) is 10.7. The number of hydrogen-bond donors (Lipinski definition) is 2. The van der Waals surface area contributed by atoms with Gasteiger partial charge < -0.3 is 20.9 Å². The van der Waals surface area contributed by atoms with Gasteiger partial charge in [0.15, 0.2) is 0 Å². The van der Waals surface area contributed by atoms with Crippen LogP contribution < -0.4 is 11.5 Å². The van der Waals surface area contributed by atoms with Gasteiger partial charge in [0.25, 0.3) is 0 Å². The molecule has 0 unspecified atom stereocenters. The zero-order valence-corrected chi connectivity index (χ0v) is 16.5. The van der Waals surface area contributed by atoms with Crippen molar-refractivity contribution in [2.24, 2.45) is 11.5 Å². The molecule has 0 aromatic carbocycles. The number of ether oxygens (including phenoxy) is 2. The highest BCUT2D eigenvalue weighted by Crippen LogP contribution is 2.37. The zero-order chi connectivity index (χ0) is 20.3. The van der Waals surface area contributed by atoms with Crippen LogP contribution in [-0.2, 0) is 19.1 Å². The smallest absolute Gasteiger partial charge is 0.346 e. The highest BCUT2D eigenvalue weighted by atomic mass is 32.2. The first-order valence-corrected chi connectivity index (χ1v) is 9.03. The summed E-state index contributed by atoms with van der Waals surface area (Å²) in [6, 6.07) is 3.67. The van der Waals surface area contributed by atoms with Crippen molar-refractivity contribution in [3.8, 4) is 12.1 Å². The summed E-state index contributed by atoms with van der Waals surface area (Å²) in [6.07, 6.45) is 0. The van der Waals surface area contributed by atoms with Crippen LogP contribution in [0.5, 0.6) is 0 Å². The van der Waals surface area contributed by atoms with E-state index in [1.807, 2.05) is 12.1 Å². The molecule has 10 heteroatoms. The van der Waals surface area contributed by atoms with Crippen molar-refractivity contribution in [2.45, 2.75) is 27.7 Å². The normalized spacial score (nSPS) is 13.3.